The fourth-order valence-corrected chi connectivity index (χ4v) is 3.11. The van der Waals surface area contributed by atoms with E-state index in [4.69, 9.17) is 4.74 Å². The van der Waals surface area contributed by atoms with Crippen LogP contribution in [0.3, 0.4) is 0 Å². The zero-order valence-electron chi connectivity index (χ0n) is 13.8. The molecule has 0 aliphatic rings. The molecular weight excluding hydrogens is 354 g/mol. The molecule has 0 aliphatic carbocycles. The molecule has 1 amide bonds. The third-order valence-corrected chi connectivity index (χ3v) is 4.46. The van der Waals surface area contributed by atoms with E-state index < -0.39 is 0 Å². The average Bonchev–Trinajstić information content (AvgIpc) is 2.54. The third-order valence-electron chi connectivity index (χ3n) is 3.84. The molecule has 0 spiro atoms. The highest BCUT2D eigenvalue weighted by Gasteiger charge is 2.12. The molecule has 0 atom stereocenters. The highest BCUT2D eigenvalue weighted by atomic mass is 79.9. The summed E-state index contributed by atoms with van der Waals surface area (Å²) in [6, 6.07) is 12.1. The Bertz CT molecular complexity index is 698. The van der Waals surface area contributed by atoms with Crippen molar-refractivity contribution in [2.45, 2.75) is 33.3 Å². The molecule has 4 heteroatoms. The maximum Gasteiger partial charge on any atom is 0.224 e. The quantitative estimate of drug-likeness (QED) is 0.821. The second kappa shape index (κ2) is 8.16. The van der Waals surface area contributed by atoms with E-state index in [1.165, 1.54) is 11.1 Å². The predicted octanol–water partition coefficient (Wildman–Crippen LogP) is 4.19. The summed E-state index contributed by atoms with van der Waals surface area (Å²) in [7, 11) is 1.66. The van der Waals surface area contributed by atoms with Gasteiger partial charge in [-0.3, -0.25) is 4.79 Å². The summed E-state index contributed by atoms with van der Waals surface area (Å²) >= 11 is 3.54. The number of nitrogens with one attached hydrogen (secondary N) is 1. The van der Waals surface area contributed by atoms with E-state index in [0.29, 0.717) is 13.0 Å². The zero-order chi connectivity index (χ0) is 16.8. The molecule has 2 rings (SSSR count). The Kier molecular flexibility index (Phi) is 6.22. The first-order valence-corrected chi connectivity index (χ1v) is 8.53. The molecule has 0 aliphatic heterocycles. The topological polar surface area (TPSA) is 38.3 Å². The molecule has 0 saturated heterocycles. The lowest BCUT2D eigenvalue weighted by molar-refractivity contribution is -0.119. The van der Waals surface area contributed by atoms with Crippen molar-refractivity contribution in [3.05, 3.63) is 63.1 Å². The number of benzene rings is 2. The maximum atomic E-state index is 11.7. The Morgan fingerprint density at radius 1 is 1.22 bits per heavy atom. The minimum absolute atomic E-state index is 0.0102. The van der Waals surface area contributed by atoms with Crippen molar-refractivity contribution in [3.8, 4) is 5.75 Å². The van der Waals surface area contributed by atoms with Crippen molar-refractivity contribution >= 4 is 21.8 Å². The van der Waals surface area contributed by atoms with Crippen molar-refractivity contribution in [3.63, 3.8) is 0 Å². The molecule has 0 bridgehead atoms. The van der Waals surface area contributed by atoms with Crippen LogP contribution in [-0.2, 0) is 24.2 Å². The SMILES string of the molecule is CCc1cccc(CC(=O)NC)c1COc1ccc(C)cc1Br. The van der Waals surface area contributed by atoms with Gasteiger partial charge in [0.05, 0.1) is 10.9 Å². The standard InChI is InChI=1S/C19H22BrNO2/c1-4-14-6-5-7-15(11-19(22)21-3)16(14)12-23-18-9-8-13(2)10-17(18)20/h5-10H,4,11-12H2,1-3H3,(H,21,22). The number of likely N-dealkylation sites (N-methyl/N-ethyl adjacent to an activating group) is 1. The first-order valence-electron chi connectivity index (χ1n) is 7.74. The number of halogens is 1. The van der Waals surface area contributed by atoms with Gasteiger partial charge < -0.3 is 10.1 Å². The number of rotatable bonds is 6. The van der Waals surface area contributed by atoms with Gasteiger partial charge in [-0.2, -0.15) is 0 Å². The molecule has 3 nitrogen and oxygen atoms in total. The number of hydrogen-bond donors (Lipinski definition) is 1. The molecule has 0 fully saturated rings. The summed E-state index contributed by atoms with van der Waals surface area (Å²) in [6.07, 6.45) is 1.29. The average molecular weight is 376 g/mol. The van der Waals surface area contributed by atoms with Gasteiger partial charge in [0.15, 0.2) is 0 Å². The van der Waals surface area contributed by atoms with E-state index in [-0.39, 0.29) is 5.91 Å². The third kappa shape index (κ3) is 4.58. The minimum atomic E-state index is 0.0102. The van der Waals surface area contributed by atoms with E-state index in [0.717, 1.165) is 27.8 Å². The van der Waals surface area contributed by atoms with E-state index in [2.05, 4.69) is 34.2 Å². The lowest BCUT2D eigenvalue weighted by Crippen LogP contribution is -2.21. The van der Waals surface area contributed by atoms with Crippen LogP contribution in [-0.4, -0.2) is 13.0 Å². The summed E-state index contributed by atoms with van der Waals surface area (Å²) in [6.45, 7) is 4.62. The minimum Gasteiger partial charge on any atom is -0.488 e. The first kappa shape index (κ1) is 17.5. The highest BCUT2D eigenvalue weighted by molar-refractivity contribution is 9.10. The molecule has 122 valence electrons. The zero-order valence-corrected chi connectivity index (χ0v) is 15.4. The van der Waals surface area contributed by atoms with Gasteiger partial charge in [0.2, 0.25) is 5.91 Å². The predicted molar refractivity (Wildman–Crippen MR) is 96.8 cm³/mol. The van der Waals surface area contributed by atoms with Crippen molar-refractivity contribution in [2.75, 3.05) is 7.05 Å². The van der Waals surface area contributed by atoms with Crippen LogP contribution in [0.5, 0.6) is 5.75 Å². The number of ether oxygens (including phenoxy) is 1. The molecule has 2 aromatic rings. The number of carbonyl (C=O) groups is 1. The van der Waals surface area contributed by atoms with Gasteiger partial charge in [0.25, 0.3) is 0 Å². The van der Waals surface area contributed by atoms with Gasteiger partial charge in [0, 0.05) is 7.05 Å². The summed E-state index contributed by atoms with van der Waals surface area (Å²) in [5.41, 5.74) is 4.52. The van der Waals surface area contributed by atoms with Gasteiger partial charge >= 0.3 is 0 Å². The fraction of sp³-hybridized carbons (Fsp3) is 0.316. The summed E-state index contributed by atoms with van der Waals surface area (Å²) < 4.78 is 6.94. The van der Waals surface area contributed by atoms with Crippen LogP contribution in [0.2, 0.25) is 0 Å². The van der Waals surface area contributed by atoms with Gasteiger partial charge in [-0.05, 0) is 63.7 Å². The van der Waals surface area contributed by atoms with Crippen LogP contribution in [0, 0.1) is 6.92 Å². The Balaban J connectivity index is 2.24. The molecule has 0 heterocycles. The van der Waals surface area contributed by atoms with Crippen LogP contribution >= 0.6 is 15.9 Å². The van der Waals surface area contributed by atoms with Crippen molar-refractivity contribution < 1.29 is 9.53 Å². The number of carbonyl (C=O) groups excluding carboxylic acids is 1. The van der Waals surface area contributed by atoms with Crippen molar-refractivity contribution in [1.82, 2.24) is 5.32 Å². The largest absolute Gasteiger partial charge is 0.488 e. The molecule has 2 aromatic carbocycles. The van der Waals surface area contributed by atoms with E-state index >= 15 is 0 Å². The molecule has 1 N–H and O–H groups in total. The second-order valence-corrected chi connectivity index (χ2v) is 6.34. The summed E-state index contributed by atoms with van der Waals surface area (Å²) in [5, 5.41) is 2.68. The second-order valence-electron chi connectivity index (χ2n) is 5.48. The Labute approximate surface area is 146 Å². The van der Waals surface area contributed by atoms with E-state index in [9.17, 15) is 4.79 Å². The molecule has 0 radical (unpaired) electrons. The molecule has 0 unspecified atom stereocenters. The van der Waals surface area contributed by atoms with Crippen molar-refractivity contribution in [1.29, 1.82) is 0 Å². The molecule has 0 aromatic heterocycles. The normalized spacial score (nSPS) is 10.4. The lowest BCUT2D eigenvalue weighted by atomic mass is 9.97. The Hall–Kier alpha value is -1.81. The summed E-state index contributed by atoms with van der Waals surface area (Å²) in [5.74, 6) is 0.823. The van der Waals surface area contributed by atoms with Gasteiger partial charge in [-0.1, -0.05) is 31.2 Å². The van der Waals surface area contributed by atoms with Crippen LogP contribution in [0.25, 0.3) is 0 Å². The number of amides is 1. The lowest BCUT2D eigenvalue weighted by Gasteiger charge is -2.15. The summed E-state index contributed by atoms with van der Waals surface area (Å²) in [4.78, 5) is 11.7. The Morgan fingerprint density at radius 3 is 2.61 bits per heavy atom. The van der Waals surface area contributed by atoms with Crippen LogP contribution in [0.4, 0.5) is 0 Å². The van der Waals surface area contributed by atoms with Crippen molar-refractivity contribution in [2.24, 2.45) is 0 Å². The molecule has 23 heavy (non-hydrogen) atoms. The van der Waals surface area contributed by atoms with Crippen LogP contribution in [0.15, 0.2) is 40.9 Å². The number of hydrogen-bond acceptors (Lipinski definition) is 2. The smallest absolute Gasteiger partial charge is 0.224 e. The first-order chi connectivity index (χ1) is 11.0. The fourth-order valence-electron chi connectivity index (χ4n) is 2.50. The number of aryl methyl sites for hydroxylation is 2. The molecular formula is C19H22BrNO2. The van der Waals surface area contributed by atoms with E-state index in [1.54, 1.807) is 7.05 Å². The van der Waals surface area contributed by atoms with Crippen LogP contribution in [0.1, 0.15) is 29.2 Å². The van der Waals surface area contributed by atoms with E-state index in [1.807, 2.05) is 37.3 Å². The van der Waals surface area contributed by atoms with Gasteiger partial charge in [-0.25, -0.2) is 0 Å². The van der Waals surface area contributed by atoms with Gasteiger partial charge in [0.1, 0.15) is 12.4 Å². The Morgan fingerprint density at radius 2 is 1.96 bits per heavy atom. The maximum absolute atomic E-state index is 11.7. The monoisotopic (exact) mass is 375 g/mol. The van der Waals surface area contributed by atoms with Gasteiger partial charge in [-0.15, -0.1) is 0 Å². The van der Waals surface area contributed by atoms with Crippen LogP contribution < -0.4 is 10.1 Å². The molecule has 0 saturated carbocycles. The highest BCUT2D eigenvalue weighted by Crippen LogP contribution is 2.27.